The quantitative estimate of drug-likeness (QED) is 0.618. The van der Waals surface area contributed by atoms with Gasteiger partial charge >= 0.3 is 0 Å². The molecule has 0 bridgehead atoms. The van der Waals surface area contributed by atoms with Gasteiger partial charge in [0.15, 0.2) is 8.29 Å². The molecule has 0 spiro atoms. The van der Waals surface area contributed by atoms with E-state index in [4.69, 9.17) is 12.2 Å². The first-order valence-electron chi connectivity index (χ1n) is 7.01. The fourth-order valence-corrected chi connectivity index (χ4v) is 4.22. The van der Waals surface area contributed by atoms with Gasteiger partial charge < -0.3 is 4.90 Å². The summed E-state index contributed by atoms with van der Waals surface area (Å²) < 4.78 is 17.5. The van der Waals surface area contributed by atoms with Crippen molar-refractivity contribution in [1.29, 1.82) is 0 Å². The van der Waals surface area contributed by atoms with Gasteiger partial charge in [0.1, 0.15) is 5.82 Å². The fourth-order valence-electron chi connectivity index (χ4n) is 2.49. The zero-order chi connectivity index (χ0) is 15.5. The largest absolute Gasteiger partial charge is 0.367 e. The van der Waals surface area contributed by atoms with Crippen LogP contribution in [0, 0.1) is 9.77 Å². The van der Waals surface area contributed by atoms with Gasteiger partial charge in [-0.15, -0.1) is 0 Å². The molecule has 118 valence electrons. The fraction of sp³-hybridized carbons (Fsp3) is 0.429. The summed E-state index contributed by atoms with van der Waals surface area (Å²) in [4.78, 5) is 4.40. The van der Waals surface area contributed by atoms with Crippen molar-refractivity contribution in [3.8, 4) is 0 Å². The summed E-state index contributed by atoms with van der Waals surface area (Å²) in [6.45, 7) is 4.09. The maximum absolute atomic E-state index is 13.8. The lowest BCUT2D eigenvalue weighted by Gasteiger charge is -2.35. The molecule has 3 rings (SSSR count). The number of hydrogen-bond donors (Lipinski definition) is 0. The van der Waals surface area contributed by atoms with Crippen molar-refractivity contribution in [2.45, 2.75) is 11.0 Å². The number of para-hydroxylation sites is 1. The minimum absolute atomic E-state index is 0.151. The smallest absolute Gasteiger partial charge is 0.181 e. The molecule has 0 saturated carbocycles. The zero-order valence-corrected chi connectivity index (χ0v) is 14.7. The molecule has 1 aromatic carbocycles. The van der Waals surface area contributed by atoms with Crippen LogP contribution in [0.15, 0.2) is 28.6 Å². The molecule has 0 atom stereocenters. The Balaban J connectivity index is 1.61. The highest BCUT2D eigenvalue weighted by atomic mass is 32.2. The van der Waals surface area contributed by atoms with Crippen molar-refractivity contribution in [1.82, 2.24) is 14.7 Å². The second-order valence-electron chi connectivity index (χ2n) is 5.04. The molecular weight excluding hydrogens is 339 g/mol. The van der Waals surface area contributed by atoms with Gasteiger partial charge in [0.05, 0.1) is 12.4 Å². The molecule has 0 radical (unpaired) electrons. The lowest BCUT2D eigenvalue weighted by molar-refractivity contribution is 0.193. The molecule has 4 nitrogen and oxygen atoms in total. The highest BCUT2D eigenvalue weighted by molar-refractivity contribution is 8.00. The normalized spacial score (nSPS) is 16.2. The molecular formula is C14H17FN4S3. The van der Waals surface area contributed by atoms with E-state index < -0.39 is 0 Å². The maximum Gasteiger partial charge on any atom is 0.181 e. The van der Waals surface area contributed by atoms with Crippen LogP contribution >= 0.6 is 35.3 Å². The lowest BCUT2D eigenvalue weighted by Crippen LogP contribution is -2.47. The number of anilines is 1. The van der Waals surface area contributed by atoms with Gasteiger partial charge in [-0.05, 0) is 30.6 Å². The Hall–Kier alpha value is -0.960. The van der Waals surface area contributed by atoms with E-state index in [1.807, 2.05) is 23.1 Å². The third kappa shape index (κ3) is 3.51. The van der Waals surface area contributed by atoms with Crippen molar-refractivity contribution in [2.24, 2.45) is 0 Å². The molecule has 0 amide bonds. The van der Waals surface area contributed by atoms with E-state index in [9.17, 15) is 4.39 Å². The Bertz CT molecular complexity index is 691. The predicted octanol–water partition coefficient (Wildman–Crippen LogP) is 3.31. The summed E-state index contributed by atoms with van der Waals surface area (Å²) in [5, 5.41) is 4.49. The van der Waals surface area contributed by atoms with Gasteiger partial charge in [-0.2, -0.15) is 5.10 Å². The Morgan fingerprint density at radius 2 is 2.00 bits per heavy atom. The number of halogens is 1. The van der Waals surface area contributed by atoms with Crippen LogP contribution < -0.4 is 4.90 Å². The van der Waals surface area contributed by atoms with Crippen molar-refractivity contribution in [3.63, 3.8) is 0 Å². The average Bonchev–Trinajstić information content (AvgIpc) is 2.89. The van der Waals surface area contributed by atoms with E-state index in [-0.39, 0.29) is 5.82 Å². The van der Waals surface area contributed by atoms with E-state index in [2.05, 4.69) is 14.9 Å². The van der Waals surface area contributed by atoms with Crippen molar-refractivity contribution >= 4 is 41.0 Å². The van der Waals surface area contributed by atoms with Crippen LogP contribution in [0.2, 0.25) is 0 Å². The van der Waals surface area contributed by atoms with Gasteiger partial charge in [-0.3, -0.25) is 4.90 Å². The van der Waals surface area contributed by atoms with Crippen LogP contribution in [0.5, 0.6) is 0 Å². The Morgan fingerprint density at radius 1 is 1.27 bits per heavy atom. The number of rotatable bonds is 4. The van der Waals surface area contributed by atoms with Crippen LogP contribution in [0.1, 0.15) is 0 Å². The highest BCUT2D eigenvalue weighted by Gasteiger charge is 2.20. The molecule has 1 aliphatic rings. The zero-order valence-electron chi connectivity index (χ0n) is 12.2. The average molecular weight is 357 g/mol. The third-order valence-corrected chi connectivity index (χ3v) is 5.95. The summed E-state index contributed by atoms with van der Waals surface area (Å²) in [6.07, 6.45) is 2.01. The standard InChI is InChI=1S/C14H17FN4S3/c1-21-13-16-19(14(20)22-13)10-17-6-8-18(9-7-17)12-5-3-2-4-11(12)15/h2-5H,6-10H2,1H3. The van der Waals surface area contributed by atoms with E-state index in [1.54, 1.807) is 29.2 Å². The van der Waals surface area contributed by atoms with Crippen LogP contribution in [-0.4, -0.2) is 47.1 Å². The van der Waals surface area contributed by atoms with Gasteiger partial charge in [0.25, 0.3) is 0 Å². The second kappa shape index (κ2) is 7.08. The number of aromatic nitrogens is 2. The molecule has 2 aromatic rings. The summed E-state index contributed by atoms with van der Waals surface area (Å²) in [5.41, 5.74) is 0.692. The molecule has 0 N–H and O–H groups in total. The van der Waals surface area contributed by atoms with Crippen molar-refractivity contribution in [3.05, 3.63) is 34.0 Å². The highest BCUT2D eigenvalue weighted by Crippen LogP contribution is 2.21. The second-order valence-corrected chi connectivity index (χ2v) is 7.71. The molecule has 22 heavy (non-hydrogen) atoms. The minimum Gasteiger partial charge on any atom is -0.367 e. The molecule has 1 aromatic heterocycles. The van der Waals surface area contributed by atoms with E-state index in [0.29, 0.717) is 12.4 Å². The predicted molar refractivity (Wildman–Crippen MR) is 92.9 cm³/mol. The Morgan fingerprint density at radius 3 is 2.64 bits per heavy atom. The van der Waals surface area contributed by atoms with Gasteiger partial charge in [0, 0.05) is 26.2 Å². The van der Waals surface area contributed by atoms with Crippen molar-refractivity contribution in [2.75, 3.05) is 37.3 Å². The summed E-state index contributed by atoms with van der Waals surface area (Å²) >= 11 is 8.51. The number of piperazine rings is 1. The SMILES string of the molecule is CSc1nn(CN2CCN(c3ccccc3F)CC2)c(=S)s1. The van der Waals surface area contributed by atoms with E-state index in [0.717, 1.165) is 34.5 Å². The van der Waals surface area contributed by atoms with Gasteiger partial charge in [0.2, 0.25) is 0 Å². The monoisotopic (exact) mass is 356 g/mol. The Labute approximate surface area is 142 Å². The molecule has 1 saturated heterocycles. The van der Waals surface area contributed by atoms with Crippen LogP contribution in [0.4, 0.5) is 10.1 Å². The minimum atomic E-state index is -0.151. The number of hydrogen-bond acceptors (Lipinski definition) is 6. The van der Waals surface area contributed by atoms with Crippen LogP contribution in [0.3, 0.4) is 0 Å². The third-order valence-electron chi connectivity index (χ3n) is 3.66. The van der Waals surface area contributed by atoms with Gasteiger partial charge in [-0.25, -0.2) is 9.07 Å². The first-order chi connectivity index (χ1) is 10.7. The van der Waals surface area contributed by atoms with E-state index >= 15 is 0 Å². The Kier molecular flexibility index (Phi) is 5.12. The van der Waals surface area contributed by atoms with E-state index in [1.165, 1.54) is 6.07 Å². The molecule has 2 heterocycles. The molecule has 0 aliphatic carbocycles. The first kappa shape index (κ1) is 15.9. The van der Waals surface area contributed by atoms with Gasteiger partial charge in [-0.1, -0.05) is 35.2 Å². The maximum atomic E-state index is 13.8. The molecule has 1 fully saturated rings. The van der Waals surface area contributed by atoms with Crippen LogP contribution in [0.25, 0.3) is 0 Å². The number of benzene rings is 1. The molecule has 8 heteroatoms. The summed E-state index contributed by atoms with van der Waals surface area (Å²) in [6, 6.07) is 6.96. The van der Waals surface area contributed by atoms with Crippen molar-refractivity contribution < 1.29 is 4.39 Å². The lowest BCUT2D eigenvalue weighted by atomic mass is 10.2. The molecule has 1 aliphatic heterocycles. The first-order valence-corrected chi connectivity index (χ1v) is 9.46. The number of nitrogens with zero attached hydrogens (tertiary/aromatic N) is 4. The summed E-state index contributed by atoms with van der Waals surface area (Å²) in [7, 11) is 0. The van der Waals surface area contributed by atoms with Crippen LogP contribution in [-0.2, 0) is 6.67 Å². The summed E-state index contributed by atoms with van der Waals surface area (Å²) in [5.74, 6) is -0.151. The molecule has 0 unspecified atom stereocenters. The number of thioether (sulfide) groups is 1. The topological polar surface area (TPSA) is 24.3 Å².